The molecule has 4 rings (SSSR count). The van der Waals surface area contributed by atoms with Crippen molar-refractivity contribution >= 4 is 16.9 Å². The molecule has 7 heteroatoms. The molecular formula is C24H24N4O3. The van der Waals surface area contributed by atoms with Gasteiger partial charge in [0.25, 0.3) is 0 Å². The number of aromatic nitrogens is 3. The second-order valence-electron chi connectivity index (χ2n) is 7.06. The topological polar surface area (TPSA) is 78.3 Å². The summed E-state index contributed by atoms with van der Waals surface area (Å²) in [7, 11) is 3.21. The van der Waals surface area contributed by atoms with E-state index >= 15 is 0 Å². The second-order valence-corrected chi connectivity index (χ2v) is 7.06. The summed E-state index contributed by atoms with van der Waals surface area (Å²) in [6, 6.07) is 17.3. The maximum absolute atomic E-state index is 12.6. The normalized spacial score (nSPS) is 10.8. The summed E-state index contributed by atoms with van der Waals surface area (Å²) in [6.07, 6.45) is 3.85. The average molecular weight is 416 g/mol. The first-order chi connectivity index (χ1) is 15.2. The number of benzene rings is 1. The molecule has 4 aromatic rings. The van der Waals surface area contributed by atoms with E-state index in [9.17, 15) is 4.79 Å². The Hall–Kier alpha value is -3.87. The number of rotatable bonds is 8. The van der Waals surface area contributed by atoms with Gasteiger partial charge in [0.1, 0.15) is 17.1 Å². The Balaban J connectivity index is 1.48. The molecule has 0 radical (unpaired) electrons. The van der Waals surface area contributed by atoms with Crippen LogP contribution in [0.3, 0.4) is 0 Å². The summed E-state index contributed by atoms with van der Waals surface area (Å²) in [5.74, 6) is 1.33. The zero-order chi connectivity index (χ0) is 21.6. The predicted molar refractivity (Wildman–Crippen MR) is 119 cm³/mol. The number of carbonyl (C=O) groups is 1. The number of nitrogens with one attached hydrogen (secondary N) is 1. The molecule has 0 bridgehead atoms. The fourth-order valence-corrected chi connectivity index (χ4v) is 3.51. The first-order valence-electron chi connectivity index (χ1n) is 10.0. The van der Waals surface area contributed by atoms with Gasteiger partial charge in [0.15, 0.2) is 0 Å². The minimum Gasteiger partial charge on any atom is -0.497 e. The fraction of sp³-hybridized carbons (Fsp3) is 0.208. The highest BCUT2D eigenvalue weighted by atomic mass is 16.5. The molecule has 0 saturated heterocycles. The van der Waals surface area contributed by atoms with Gasteiger partial charge in [0.2, 0.25) is 5.91 Å². The van der Waals surface area contributed by atoms with Crippen molar-refractivity contribution in [2.75, 3.05) is 14.2 Å². The minimum absolute atomic E-state index is 0.0495. The molecule has 0 aliphatic rings. The minimum atomic E-state index is -0.0495. The summed E-state index contributed by atoms with van der Waals surface area (Å²) in [4.78, 5) is 21.6. The number of amides is 1. The van der Waals surface area contributed by atoms with Crippen LogP contribution in [0.5, 0.6) is 11.5 Å². The number of nitrogens with zero attached hydrogens (tertiary/aromatic N) is 3. The Labute approximate surface area is 180 Å². The number of methoxy groups -OCH3 is 2. The van der Waals surface area contributed by atoms with Gasteiger partial charge < -0.3 is 19.4 Å². The standard InChI is InChI=1S/C24H24N4O3/c1-30-19-12-17(13-20(15-19)31-2)16-27-23(29)8-11-28-22(21-7-3-4-9-25-21)14-18-6-5-10-26-24(18)28/h3-7,9-10,12-15H,8,11,16H2,1-2H3,(H,27,29). The second kappa shape index (κ2) is 9.30. The molecule has 3 heterocycles. The third kappa shape index (κ3) is 4.66. The lowest BCUT2D eigenvalue weighted by molar-refractivity contribution is -0.121. The zero-order valence-corrected chi connectivity index (χ0v) is 17.5. The Morgan fingerprint density at radius 1 is 0.968 bits per heavy atom. The molecular weight excluding hydrogens is 392 g/mol. The van der Waals surface area contributed by atoms with Crippen LogP contribution < -0.4 is 14.8 Å². The molecule has 7 nitrogen and oxygen atoms in total. The van der Waals surface area contributed by atoms with Crippen LogP contribution in [0.1, 0.15) is 12.0 Å². The largest absolute Gasteiger partial charge is 0.497 e. The number of ether oxygens (including phenoxy) is 2. The average Bonchev–Trinajstić information content (AvgIpc) is 3.20. The van der Waals surface area contributed by atoms with E-state index < -0.39 is 0 Å². The number of carbonyl (C=O) groups excluding carboxylic acids is 1. The van der Waals surface area contributed by atoms with Gasteiger partial charge in [-0.2, -0.15) is 0 Å². The molecule has 0 aliphatic heterocycles. The number of hydrogen-bond acceptors (Lipinski definition) is 5. The van der Waals surface area contributed by atoms with E-state index in [1.165, 1.54) is 0 Å². The summed E-state index contributed by atoms with van der Waals surface area (Å²) < 4.78 is 12.6. The third-order valence-corrected chi connectivity index (χ3v) is 5.05. The van der Waals surface area contributed by atoms with Crippen molar-refractivity contribution in [1.29, 1.82) is 0 Å². The molecule has 1 amide bonds. The smallest absolute Gasteiger partial charge is 0.222 e. The van der Waals surface area contributed by atoms with E-state index in [0.717, 1.165) is 28.0 Å². The van der Waals surface area contributed by atoms with E-state index in [0.29, 0.717) is 31.0 Å². The first kappa shape index (κ1) is 20.4. The zero-order valence-electron chi connectivity index (χ0n) is 17.5. The van der Waals surface area contributed by atoms with Crippen molar-refractivity contribution < 1.29 is 14.3 Å². The molecule has 0 fully saturated rings. The van der Waals surface area contributed by atoms with Gasteiger partial charge in [0, 0.05) is 43.4 Å². The van der Waals surface area contributed by atoms with Crippen molar-refractivity contribution in [3.63, 3.8) is 0 Å². The number of fused-ring (bicyclic) bond motifs is 1. The summed E-state index contributed by atoms with van der Waals surface area (Å²) in [5.41, 5.74) is 3.55. The highest BCUT2D eigenvalue weighted by Crippen LogP contribution is 2.26. The maximum Gasteiger partial charge on any atom is 0.222 e. The van der Waals surface area contributed by atoms with Gasteiger partial charge in [-0.25, -0.2) is 4.98 Å². The summed E-state index contributed by atoms with van der Waals surface area (Å²) >= 11 is 0. The van der Waals surface area contributed by atoms with E-state index in [2.05, 4.69) is 21.4 Å². The van der Waals surface area contributed by atoms with Crippen LogP contribution in [-0.4, -0.2) is 34.7 Å². The number of pyridine rings is 2. The molecule has 0 spiro atoms. The Morgan fingerprint density at radius 3 is 2.45 bits per heavy atom. The lowest BCUT2D eigenvalue weighted by Gasteiger charge is -2.11. The number of aryl methyl sites for hydroxylation is 1. The van der Waals surface area contributed by atoms with E-state index in [4.69, 9.17) is 9.47 Å². The summed E-state index contributed by atoms with van der Waals surface area (Å²) in [5, 5.41) is 3.99. The van der Waals surface area contributed by atoms with Crippen LogP contribution in [0.15, 0.2) is 67.0 Å². The lowest BCUT2D eigenvalue weighted by atomic mass is 10.2. The van der Waals surface area contributed by atoms with E-state index in [1.807, 2.05) is 47.0 Å². The molecule has 0 unspecified atom stereocenters. The summed E-state index contributed by atoms with van der Waals surface area (Å²) in [6.45, 7) is 0.893. The van der Waals surface area contributed by atoms with Gasteiger partial charge in [0.05, 0.1) is 25.6 Å². The molecule has 1 aromatic carbocycles. The Kier molecular flexibility index (Phi) is 6.12. The molecule has 31 heavy (non-hydrogen) atoms. The first-order valence-corrected chi connectivity index (χ1v) is 10.0. The van der Waals surface area contributed by atoms with Crippen molar-refractivity contribution in [1.82, 2.24) is 19.9 Å². The van der Waals surface area contributed by atoms with Crippen LogP contribution >= 0.6 is 0 Å². The highest BCUT2D eigenvalue weighted by Gasteiger charge is 2.14. The molecule has 3 aromatic heterocycles. The van der Waals surface area contributed by atoms with Gasteiger partial charge >= 0.3 is 0 Å². The number of hydrogen-bond donors (Lipinski definition) is 1. The van der Waals surface area contributed by atoms with Gasteiger partial charge in [-0.15, -0.1) is 0 Å². The van der Waals surface area contributed by atoms with Crippen LogP contribution in [0, 0.1) is 0 Å². The molecule has 0 atom stereocenters. The van der Waals surface area contributed by atoms with E-state index in [-0.39, 0.29) is 5.91 Å². The van der Waals surface area contributed by atoms with Crippen molar-refractivity contribution in [2.45, 2.75) is 19.5 Å². The molecule has 0 saturated carbocycles. The monoisotopic (exact) mass is 416 g/mol. The Bertz CT molecular complexity index is 1170. The van der Waals surface area contributed by atoms with Crippen LogP contribution in [0.2, 0.25) is 0 Å². The highest BCUT2D eigenvalue weighted by molar-refractivity contribution is 5.84. The lowest BCUT2D eigenvalue weighted by Crippen LogP contribution is -2.24. The predicted octanol–water partition coefficient (Wildman–Crippen LogP) is 3.82. The van der Waals surface area contributed by atoms with Crippen LogP contribution in [0.4, 0.5) is 0 Å². The van der Waals surface area contributed by atoms with Gasteiger partial charge in [-0.1, -0.05) is 6.07 Å². The Morgan fingerprint density at radius 2 is 1.74 bits per heavy atom. The third-order valence-electron chi connectivity index (χ3n) is 5.05. The van der Waals surface area contributed by atoms with Crippen molar-refractivity contribution in [3.05, 3.63) is 72.6 Å². The molecule has 0 aliphatic carbocycles. The van der Waals surface area contributed by atoms with Crippen LogP contribution in [0.25, 0.3) is 22.4 Å². The molecule has 158 valence electrons. The van der Waals surface area contributed by atoms with Crippen molar-refractivity contribution in [3.8, 4) is 22.9 Å². The van der Waals surface area contributed by atoms with Crippen LogP contribution in [-0.2, 0) is 17.9 Å². The van der Waals surface area contributed by atoms with E-state index in [1.54, 1.807) is 32.7 Å². The van der Waals surface area contributed by atoms with Gasteiger partial charge in [-0.3, -0.25) is 9.78 Å². The maximum atomic E-state index is 12.6. The molecule has 1 N–H and O–H groups in total. The SMILES string of the molecule is COc1cc(CNC(=O)CCn2c(-c3ccccn3)cc3cccnc32)cc(OC)c1. The van der Waals surface area contributed by atoms with Crippen molar-refractivity contribution in [2.24, 2.45) is 0 Å². The van der Waals surface area contributed by atoms with Gasteiger partial charge in [-0.05, 0) is 48.0 Å². The quantitative estimate of drug-likeness (QED) is 0.472. The fourth-order valence-electron chi connectivity index (χ4n) is 3.51.